The number of carbonyl (C=O) groups excluding carboxylic acids is 3. The second-order valence-corrected chi connectivity index (χ2v) is 12.1. The van der Waals surface area contributed by atoms with Crippen LogP contribution in [-0.2, 0) is 16.0 Å². The second kappa shape index (κ2) is 11.3. The predicted octanol–water partition coefficient (Wildman–Crippen LogP) is 6.00. The molecule has 2 aliphatic heterocycles. The number of imide groups is 1. The molecule has 0 unspecified atom stereocenters. The van der Waals surface area contributed by atoms with E-state index in [-0.39, 0.29) is 17.2 Å². The standard InChI is InChI=1S/C35H36N4O5/c1-5-20(4)29(34(42)43)37-32(40)24-11-7-9-13-27(24)39-33(41)28-18-25-23-10-6-8-12-26(23)36-30(25)31(38(28)35(39)44)22-16-14-21(15-17-22)19(2)3/h6-17,19-20,28-29,31,36H,5,18H2,1-4H3,(H,37,40)(H,42,43)/t20-,28-,29-,31-/m0/s1. The summed E-state index contributed by atoms with van der Waals surface area (Å²) in [5.74, 6) is -2.21. The number of anilines is 1. The van der Waals surface area contributed by atoms with Crippen LogP contribution < -0.4 is 10.2 Å². The molecule has 0 saturated carbocycles. The average Bonchev–Trinajstić information content (AvgIpc) is 3.52. The minimum absolute atomic E-state index is 0.0606. The highest BCUT2D eigenvalue weighted by atomic mass is 16.4. The largest absolute Gasteiger partial charge is 0.480 e. The molecule has 0 bridgehead atoms. The van der Waals surface area contributed by atoms with E-state index < -0.39 is 41.9 Å². The van der Waals surface area contributed by atoms with Gasteiger partial charge in [-0.15, -0.1) is 0 Å². The zero-order chi connectivity index (χ0) is 31.3. The fourth-order valence-electron chi connectivity index (χ4n) is 6.47. The number of aromatic amines is 1. The monoisotopic (exact) mass is 592 g/mol. The van der Waals surface area contributed by atoms with Gasteiger partial charge in [0.05, 0.1) is 11.3 Å². The van der Waals surface area contributed by atoms with E-state index in [1.54, 1.807) is 30.0 Å². The number of para-hydroxylation sites is 2. The van der Waals surface area contributed by atoms with Crippen LogP contribution in [0.25, 0.3) is 10.9 Å². The van der Waals surface area contributed by atoms with E-state index in [4.69, 9.17) is 0 Å². The second-order valence-electron chi connectivity index (χ2n) is 12.1. The van der Waals surface area contributed by atoms with Crippen LogP contribution in [0.15, 0.2) is 72.8 Å². The predicted molar refractivity (Wildman–Crippen MR) is 168 cm³/mol. The highest BCUT2D eigenvalue weighted by Gasteiger charge is 2.53. The van der Waals surface area contributed by atoms with Crippen molar-refractivity contribution in [3.8, 4) is 0 Å². The molecule has 0 aliphatic carbocycles. The van der Waals surface area contributed by atoms with Gasteiger partial charge in [0.2, 0.25) is 0 Å². The molecular formula is C35H36N4O5. The Kier molecular flexibility index (Phi) is 7.49. The number of aliphatic carboxylic acids is 1. The summed E-state index contributed by atoms with van der Waals surface area (Å²) in [6.45, 7) is 7.85. The summed E-state index contributed by atoms with van der Waals surface area (Å²) in [5.41, 5.74) is 5.03. The van der Waals surface area contributed by atoms with E-state index in [1.807, 2.05) is 43.3 Å². The Morgan fingerprint density at radius 2 is 1.66 bits per heavy atom. The van der Waals surface area contributed by atoms with Gasteiger partial charge in [0.25, 0.3) is 11.8 Å². The number of nitrogens with one attached hydrogen (secondary N) is 2. The molecular weight excluding hydrogens is 556 g/mol. The number of carbonyl (C=O) groups is 4. The summed E-state index contributed by atoms with van der Waals surface area (Å²) in [7, 11) is 0. The van der Waals surface area contributed by atoms with Crippen molar-refractivity contribution in [2.24, 2.45) is 5.92 Å². The number of hydrogen-bond donors (Lipinski definition) is 3. The molecule has 3 heterocycles. The first kappa shape index (κ1) is 29.2. The number of amides is 4. The van der Waals surface area contributed by atoms with E-state index in [9.17, 15) is 24.3 Å². The summed E-state index contributed by atoms with van der Waals surface area (Å²) in [5, 5.41) is 13.4. The Morgan fingerprint density at radius 1 is 0.977 bits per heavy atom. The SMILES string of the molecule is CC[C@H](C)[C@H](NC(=O)c1ccccc1N1C(=O)[C@@H]2Cc3c([nH]c4ccccc34)[C@H](c3ccc(C(C)C)cc3)N2C1=O)C(=O)O. The highest BCUT2D eigenvalue weighted by Crippen LogP contribution is 2.45. The lowest BCUT2D eigenvalue weighted by molar-refractivity contribution is -0.140. The minimum Gasteiger partial charge on any atom is -0.480 e. The number of rotatable bonds is 8. The van der Waals surface area contributed by atoms with E-state index in [2.05, 4.69) is 36.3 Å². The van der Waals surface area contributed by atoms with Gasteiger partial charge >= 0.3 is 12.0 Å². The fourth-order valence-corrected chi connectivity index (χ4v) is 6.47. The molecule has 4 atom stereocenters. The first-order chi connectivity index (χ1) is 21.1. The van der Waals surface area contributed by atoms with Crippen LogP contribution in [0.3, 0.4) is 0 Å². The maximum absolute atomic E-state index is 14.4. The van der Waals surface area contributed by atoms with Gasteiger partial charge in [-0.2, -0.15) is 0 Å². The van der Waals surface area contributed by atoms with Crippen molar-refractivity contribution in [1.82, 2.24) is 15.2 Å². The lowest BCUT2D eigenvalue weighted by Gasteiger charge is -2.36. The van der Waals surface area contributed by atoms with Crippen molar-refractivity contribution in [2.75, 3.05) is 4.90 Å². The molecule has 3 N–H and O–H groups in total. The third kappa shape index (κ3) is 4.72. The van der Waals surface area contributed by atoms with Crippen LogP contribution in [-0.4, -0.2) is 50.9 Å². The van der Waals surface area contributed by atoms with Crippen LogP contribution in [0.5, 0.6) is 0 Å². The van der Waals surface area contributed by atoms with Crippen LogP contribution in [0.1, 0.15) is 78.8 Å². The molecule has 9 nitrogen and oxygen atoms in total. The van der Waals surface area contributed by atoms with Gasteiger partial charge in [-0.1, -0.05) is 88.7 Å². The molecule has 4 aromatic rings. The third-order valence-corrected chi connectivity index (χ3v) is 9.12. The Labute approximate surface area is 255 Å². The smallest absolute Gasteiger partial charge is 0.332 e. The summed E-state index contributed by atoms with van der Waals surface area (Å²) in [6.07, 6.45) is 0.872. The number of urea groups is 1. The Bertz CT molecular complexity index is 1780. The minimum atomic E-state index is -1.14. The first-order valence-corrected chi connectivity index (χ1v) is 15.1. The lowest BCUT2D eigenvalue weighted by Crippen LogP contribution is -2.45. The lowest BCUT2D eigenvalue weighted by atomic mass is 9.88. The van der Waals surface area contributed by atoms with Gasteiger partial charge in [-0.3, -0.25) is 14.5 Å². The normalized spacial score (nSPS) is 19.2. The number of carboxylic acids is 1. The number of H-pyrrole nitrogens is 1. The van der Waals surface area contributed by atoms with Gasteiger partial charge in [0, 0.05) is 23.0 Å². The van der Waals surface area contributed by atoms with Crippen molar-refractivity contribution < 1.29 is 24.3 Å². The van der Waals surface area contributed by atoms with Gasteiger partial charge in [-0.25, -0.2) is 14.5 Å². The summed E-state index contributed by atoms with van der Waals surface area (Å²) in [4.78, 5) is 60.3. The quantitative estimate of drug-likeness (QED) is 0.217. The molecule has 1 aromatic heterocycles. The number of aromatic nitrogens is 1. The third-order valence-electron chi connectivity index (χ3n) is 9.12. The summed E-state index contributed by atoms with van der Waals surface area (Å²) in [6, 6.07) is 19.4. The zero-order valence-corrected chi connectivity index (χ0v) is 25.2. The van der Waals surface area contributed by atoms with Crippen LogP contribution in [0.2, 0.25) is 0 Å². The molecule has 2 aliphatic rings. The highest BCUT2D eigenvalue weighted by molar-refractivity contribution is 6.24. The van der Waals surface area contributed by atoms with Crippen molar-refractivity contribution in [3.63, 3.8) is 0 Å². The van der Waals surface area contributed by atoms with E-state index in [0.717, 1.165) is 32.6 Å². The van der Waals surface area contributed by atoms with Gasteiger partial charge in [0.1, 0.15) is 18.1 Å². The molecule has 4 amide bonds. The molecule has 1 saturated heterocycles. The molecule has 0 radical (unpaired) electrons. The molecule has 6 rings (SSSR count). The zero-order valence-electron chi connectivity index (χ0n) is 25.2. The van der Waals surface area contributed by atoms with Crippen LogP contribution in [0, 0.1) is 5.92 Å². The first-order valence-electron chi connectivity index (χ1n) is 15.1. The number of fused-ring (bicyclic) bond motifs is 4. The fraction of sp³-hybridized carbons (Fsp3) is 0.314. The van der Waals surface area contributed by atoms with E-state index in [0.29, 0.717) is 18.8 Å². The maximum Gasteiger partial charge on any atom is 0.332 e. The summed E-state index contributed by atoms with van der Waals surface area (Å²) >= 11 is 0. The van der Waals surface area contributed by atoms with Crippen LogP contribution in [0.4, 0.5) is 10.5 Å². The molecule has 226 valence electrons. The van der Waals surface area contributed by atoms with Crippen molar-refractivity contribution in [3.05, 3.63) is 101 Å². The summed E-state index contributed by atoms with van der Waals surface area (Å²) < 4.78 is 0. The Balaban J connectivity index is 1.43. The van der Waals surface area contributed by atoms with Crippen molar-refractivity contribution in [2.45, 2.75) is 64.6 Å². The molecule has 1 fully saturated rings. The van der Waals surface area contributed by atoms with Crippen LogP contribution >= 0.6 is 0 Å². The number of nitrogens with zero attached hydrogens (tertiary/aromatic N) is 2. The Hall–Kier alpha value is -4.92. The average molecular weight is 593 g/mol. The topological polar surface area (TPSA) is 123 Å². The Morgan fingerprint density at radius 3 is 2.34 bits per heavy atom. The van der Waals surface area contributed by atoms with Gasteiger partial charge in [-0.05, 0) is 46.7 Å². The van der Waals surface area contributed by atoms with Crippen molar-refractivity contribution >= 4 is 40.4 Å². The van der Waals surface area contributed by atoms with Crippen molar-refractivity contribution in [1.29, 1.82) is 0 Å². The van der Waals surface area contributed by atoms with Gasteiger partial charge < -0.3 is 15.4 Å². The van der Waals surface area contributed by atoms with Gasteiger partial charge in [0.15, 0.2) is 0 Å². The molecule has 3 aromatic carbocycles. The van der Waals surface area contributed by atoms with E-state index >= 15 is 0 Å². The maximum atomic E-state index is 14.4. The molecule has 0 spiro atoms. The molecule has 9 heteroatoms. The number of carboxylic acid groups (broad SMARTS) is 1. The number of benzene rings is 3. The number of hydrogen-bond acceptors (Lipinski definition) is 4. The van der Waals surface area contributed by atoms with E-state index in [1.165, 1.54) is 11.6 Å². The molecule has 44 heavy (non-hydrogen) atoms.